The first-order valence-corrected chi connectivity index (χ1v) is 7.44. The van der Waals surface area contributed by atoms with E-state index in [1.54, 1.807) is 6.26 Å². The van der Waals surface area contributed by atoms with Crippen molar-refractivity contribution in [1.82, 2.24) is 15.1 Å². The highest BCUT2D eigenvalue weighted by atomic mass is 16.3. The maximum atomic E-state index is 5.68. The summed E-state index contributed by atoms with van der Waals surface area (Å²) >= 11 is 0. The summed E-state index contributed by atoms with van der Waals surface area (Å²) < 4.78 is 7.66. The third-order valence-electron chi connectivity index (χ3n) is 3.66. The normalized spacial score (nSPS) is 12.8. The number of furan rings is 1. The number of aryl methyl sites for hydroxylation is 3. The molecule has 0 amide bonds. The lowest BCUT2D eigenvalue weighted by molar-refractivity contribution is 0.402. The summed E-state index contributed by atoms with van der Waals surface area (Å²) in [6.45, 7) is 7.40. The van der Waals surface area contributed by atoms with Gasteiger partial charge in [-0.2, -0.15) is 5.10 Å². The van der Waals surface area contributed by atoms with Crippen LogP contribution in [0.15, 0.2) is 22.8 Å². The molecule has 2 heterocycles. The Morgan fingerprint density at radius 1 is 1.40 bits per heavy atom. The molecule has 0 saturated carbocycles. The zero-order chi connectivity index (χ0) is 14.5. The van der Waals surface area contributed by atoms with Crippen LogP contribution in [0.25, 0.3) is 0 Å². The maximum Gasteiger partial charge on any atom is 0.123 e. The quantitative estimate of drug-likeness (QED) is 0.844. The monoisotopic (exact) mass is 275 g/mol. The third-order valence-corrected chi connectivity index (χ3v) is 3.66. The minimum Gasteiger partial charge on any atom is -0.467 e. The van der Waals surface area contributed by atoms with E-state index in [-0.39, 0.29) is 6.04 Å². The van der Waals surface area contributed by atoms with Gasteiger partial charge in [0.15, 0.2) is 0 Å². The van der Waals surface area contributed by atoms with Crippen LogP contribution in [0.5, 0.6) is 0 Å². The van der Waals surface area contributed by atoms with Gasteiger partial charge in [0.25, 0.3) is 0 Å². The van der Waals surface area contributed by atoms with Crippen LogP contribution in [-0.2, 0) is 19.9 Å². The molecular formula is C16H25N3O. The second kappa shape index (κ2) is 6.75. The average Bonchev–Trinajstić information content (AvgIpc) is 3.01. The summed E-state index contributed by atoms with van der Waals surface area (Å²) in [5, 5.41) is 8.11. The topological polar surface area (TPSA) is 43.0 Å². The molecule has 0 aromatic carbocycles. The zero-order valence-electron chi connectivity index (χ0n) is 12.9. The summed E-state index contributed by atoms with van der Waals surface area (Å²) in [7, 11) is 2.01. The number of rotatable bonds is 7. The molecule has 110 valence electrons. The van der Waals surface area contributed by atoms with Crippen molar-refractivity contribution < 1.29 is 4.42 Å². The molecule has 2 aromatic rings. The van der Waals surface area contributed by atoms with Crippen molar-refractivity contribution in [1.29, 1.82) is 0 Å². The lowest BCUT2D eigenvalue weighted by atomic mass is 10.1. The summed E-state index contributed by atoms with van der Waals surface area (Å²) in [5.74, 6) is 1.04. The van der Waals surface area contributed by atoms with Crippen molar-refractivity contribution in [3.8, 4) is 0 Å². The fraction of sp³-hybridized carbons (Fsp3) is 0.562. The first kappa shape index (κ1) is 14.9. The van der Waals surface area contributed by atoms with Crippen LogP contribution in [0.1, 0.15) is 49.0 Å². The number of nitrogens with one attached hydrogen (secondary N) is 1. The molecule has 0 fully saturated rings. The molecule has 20 heavy (non-hydrogen) atoms. The van der Waals surface area contributed by atoms with Crippen LogP contribution in [0.2, 0.25) is 0 Å². The van der Waals surface area contributed by atoms with Crippen LogP contribution >= 0.6 is 0 Å². The van der Waals surface area contributed by atoms with Gasteiger partial charge in [0, 0.05) is 19.2 Å². The lowest BCUT2D eigenvalue weighted by Crippen LogP contribution is -2.25. The van der Waals surface area contributed by atoms with Gasteiger partial charge in [-0.1, -0.05) is 13.8 Å². The van der Waals surface area contributed by atoms with Gasteiger partial charge in [-0.15, -0.1) is 0 Å². The van der Waals surface area contributed by atoms with Crippen molar-refractivity contribution >= 4 is 0 Å². The Kier molecular flexibility index (Phi) is 5.01. The van der Waals surface area contributed by atoms with Crippen molar-refractivity contribution in [3.05, 3.63) is 41.1 Å². The Morgan fingerprint density at radius 2 is 2.20 bits per heavy atom. The van der Waals surface area contributed by atoms with E-state index in [1.165, 1.54) is 11.3 Å². The van der Waals surface area contributed by atoms with E-state index < -0.39 is 0 Å². The second-order valence-corrected chi connectivity index (χ2v) is 5.28. The van der Waals surface area contributed by atoms with Crippen molar-refractivity contribution in [2.75, 3.05) is 6.54 Å². The molecule has 0 aliphatic carbocycles. The van der Waals surface area contributed by atoms with Gasteiger partial charge >= 0.3 is 0 Å². The number of nitrogens with zero attached hydrogens (tertiary/aromatic N) is 2. The first-order valence-electron chi connectivity index (χ1n) is 7.44. The largest absolute Gasteiger partial charge is 0.467 e. The highest BCUT2D eigenvalue weighted by Crippen LogP contribution is 2.23. The summed E-state index contributed by atoms with van der Waals surface area (Å²) in [4.78, 5) is 0. The van der Waals surface area contributed by atoms with Gasteiger partial charge in [0.2, 0.25) is 0 Å². The molecule has 4 heteroatoms. The van der Waals surface area contributed by atoms with Crippen LogP contribution in [0.3, 0.4) is 0 Å². The second-order valence-electron chi connectivity index (χ2n) is 5.28. The van der Waals surface area contributed by atoms with E-state index in [0.29, 0.717) is 0 Å². The van der Waals surface area contributed by atoms with Crippen LogP contribution in [0.4, 0.5) is 0 Å². The van der Waals surface area contributed by atoms with Gasteiger partial charge in [0.1, 0.15) is 5.76 Å². The number of hydrogen-bond donors (Lipinski definition) is 1. The Balaban J connectivity index is 2.19. The molecule has 0 aliphatic rings. The van der Waals surface area contributed by atoms with Gasteiger partial charge in [-0.05, 0) is 44.0 Å². The van der Waals surface area contributed by atoms with E-state index in [9.17, 15) is 0 Å². The number of aromatic nitrogens is 2. The molecule has 0 radical (unpaired) electrons. The van der Waals surface area contributed by atoms with Crippen LogP contribution < -0.4 is 5.32 Å². The molecule has 0 spiro atoms. The van der Waals surface area contributed by atoms with Crippen molar-refractivity contribution in [2.24, 2.45) is 7.05 Å². The Labute approximate surface area is 121 Å². The Morgan fingerprint density at radius 3 is 2.75 bits per heavy atom. The van der Waals surface area contributed by atoms with Gasteiger partial charge in [-0.3, -0.25) is 4.68 Å². The summed E-state index contributed by atoms with van der Waals surface area (Å²) in [6.07, 6.45) is 4.76. The van der Waals surface area contributed by atoms with Crippen molar-refractivity contribution in [2.45, 2.75) is 46.1 Å². The highest BCUT2D eigenvalue weighted by Gasteiger charge is 2.19. The van der Waals surface area contributed by atoms with E-state index in [0.717, 1.165) is 37.3 Å². The van der Waals surface area contributed by atoms with E-state index in [1.807, 2.05) is 17.8 Å². The molecule has 2 rings (SSSR count). The Bertz CT molecular complexity index is 542. The van der Waals surface area contributed by atoms with E-state index in [4.69, 9.17) is 4.42 Å². The predicted octanol–water partition coefficient (Wildman–Crippen LogP) is 3.17. The zero-order valence-corrected chi connectivity index (χ0v) is 12.9. The lowest BCUT2D eigenvalue weighted by Gasteiger charge is -2.17. The average molecular weight is 275 g/mol. The molecule has 2 aromatic heterocycles. The predicted molar refractivity (Wildman–Crippen MR) is 80.8 cm³/mol. The molecule has 0 aliphatic heterocycles. The standard InChI is InChI=1S/C16H25N3O/c1-5-8-17-15(16-12(3)7-9-20-16)11-14-10-13(6-2)18-19(14)4/h7,9-10,15,17H,5-6,8,11H2,1-4H3. The summed E-state index contributed by atoms with van der Waals surface area (Å²) in [5.41, 5.74) is 3.59. The minimum absolute atomic E-state index is 0.213. The maximum absolute atomic E-state index is 5.68. The molecule has 0 bridgehead atoms. The fourth-order valence-corrected chi connectivity index (χ4v) is 2.46. The molecule has 4 nitrogen and oxygen atoms in total. The fourth-order valence-electron chi connectivity index (χ4n) is 2.46. The van der Waals surface area contributed by atoms with Gasteiger partial charge in [-0.25, -0.2) is 0 Å². The minimum atomic E-state index is 0.213. The molecule has 1 N–H and O–H groups in total. The molecule has 1 unspecified atom stereocenters. The summed E-state index contributed by atoms with van der Waals surface area (Å²) in [6, 6.07) is 4.43. The van der Waals surface area contributed by atoms with Gasteiger partial charge in [0.05, 0.1) is 18.0 Å². The van der Waals surface area contributed by atoms with Crippen LogP contribution in [-0.4, -0.2) is 16.3 Å². The van der Waals surface area contributed by atoms with E-state index >= 15 is 0 Å². The molecule has 1 atom stereocenters. The SMILES string of the molecule is CCCNC(Cc1cc(CC)nn1C)c1occc1C. The first-order chi connectivity index (χ1) is 9.65. The number of hydrogen-bond acceptors (Lipinski definition) is 3. The highest BCUT2D eigenvalue weighted by molar-refractivity contribution is 5.21. The smallest absolute Gasteiger partial charge is 0.123 e. The van der Waals surface area contributed by atoms with Gasteiger partial charge < -0.3 is 9.73 Å². The van der Waals surface area contributed by atoms with E-state index in [2.05, 4.69) is 37.3 Å². The Hall–Kier alpha value is -1.55. The van der Waals surface area contributed by atoms with Crippen LogP contribution in [0, 0.1) is 6.92 Å². The van der Waals surface area contributed by atoms with Crippen molar-refractivity contribution in [3.63, 3.8) is 0 Å². The molecule has 0 saturated heterocycles. The molecular weight excluding hydrogens is 250 g/mol. The third kappa shape index (κ3) is 3.31.